The van der Waals surface area contributed by atoms with Gasteiger partial charge in [-0.1, -0.05) is 25.4 Å². The number of aliphatic imine (C=N–C) groups is 1. The zero-order valence-corrected chi connectivity index (χ0v) is 14.9. The lowest BCUT2D eigenvalue weighted by Gasteiger charge is -2.15. The van der Waals surface area contributed by atoms with Crippen molar-refractivity contribution in [1.82, 2.24) is 10.6 Å². The van der Waals surface area contributed by atoms with Gasteiger partial charge in [-0.2, -0.15) is 0 Å². The molecule has 1 aliphatic rings. The highest BCUT2D eigenvalue weighted by molar-refractivity contribution is 6.32. The largest absolute Gasteiger partial charge is 0.489 e. The van der Waals surface area contributed by atoms with E-state index in [9.17, 15) is 0 Å². The number of ether oxygens (including phenoxy) is 2. The van der Waals surface area contributed by atoms with E-state index in [1.165, 1.54) is 0 Å². The van der Waals surface area contributed by atoms with Crippen LogP contribution < -0.4 is 20.1 Å². The third kappa shape index (κ3) is 5.50. The van der Waals surface area contributed by atoms with Crippen LogP contribution in [0.4, 0.5) is 0 Å². The average Bonchev–Trinajstić information content (AvgIpc) is 2.76. The van der Waals surface area contributed by atoms with Gasteiger partial charge in [-0.15, -0.1) is 0 Å². The molecule has 0 aliphatic carbocycles. The summed E-state index contributed by atoms with van der Waals surface area (Å²) in [6, 6.07) is 3.88. The van der Waals surface area contributed by atoms with Crippen LogP contribution in [0.5, 0.6) is 11.5 Å². The lowest BCUT2D eigenvalue weighted by molar-refractivity contribution is 0.297. The van der Waals surface area contributed by atoms with E-state index in [2.05, 4.69) is 29.5 Å². The summed E-state index contributed by atoms with van der Waals surface area (Å²) in [5, 5.41) is 7.19. The molecule has 5 nitrogen and oxygen atoms in total. The van der Waals surface area contributed by atoms with E-state index < -0.39 is 0 Å². The SMILES string of the molecule is CN=C(NCCC(C)C)NCc1cc(Cl)c2c(c1)OCCCO2. The lowest BCUT2D eigenvalue weighted by atomic mass is 10.1. The maximum absolute atomic E-state index is 6.31. The van der Waals surface area contributed by atoms with Crippen LogP contribution in [0.2, 0.25) is 5.02 Å². The van der Waals surface area contributed by atoms with Crippen LogP contribution in [0, 0.1) is 5.92 Å². The highest BCUT2D eigenvalue weighted by Gasteiger charge is 2.15. The van der Waals surface area contributed by atoms with Gasteiger partial charge in [0.05, 0.1) is 18.2 Å². The second-order valence-electron chi connectivity index (χ2n) is 5.99. The summed E-state index contributed by atoms with van der Waals surface area (Å²) in [6.45, 7) is 7.22. The van der Waals surface area contributed by atoms with Gasteiger partial charge in [0.1, 0.15) is 0 Å². The Kier molecular flexibility index (Phi) is 6.84. The predicted octanol–water partition coefficient (Wildman–Crippen LogP) is 3.21. The second kappa shape index (κ2) is 8.87. The van der Waals surface area contributed by atoms with Gasteiger partial charge >= 0.3 is 0 Å². The molecule has 0 fully saturated rings. The zero-order valence-electron chi connectivity index (χ0n) is 14.1. The molecule has 0 amide bonds. The fraction of sp³-hybridized carbons (Fsp3) is 0.588. The van der Waals surface area contributed by atoms with Crippen LogP contribution in [-0.2, 0) is 6.54 Å². The molecule has 0 spiro atoms. The highest BCUT2D eigenvalue weighted by atomic mass is 35.5. The molecule has 0 atom stereocenters. The number of rotatable bonds is 5. The molecule has 1 aliphatic heterocycles. The van der Waals surface area contributed by atoms with E-state index in [1.54, 1.807) is 7.05 Å². The number of nitrogens with one attached hydrogen (secondary N) is 2. The maximum Gasteiger partial charge on any atom is 0.191 e. The fourth-order valence-electron chi connectivity index (χ4n) is 2.27. The first-order chi connectivity index (χ1) is 11.1. The number of benzene rings is 1. The number of halogens is 1. The Bertz CT molecular complexity index is 547. The van der Waals surface area contributed by atoms with E-state index in [0.29, 0.717) is 36.4 Å². The van der Waals surface area contributed by atoms with Gasteiger partial charge in [-0.3, -0.25) is 4.99 Å². The summed E-state index contributed by atoms with van der Waals surface area (Å²) in [6.07, 6.45) is 1.97. The van der Waals surface area contributed by atoms with E-state index in [-0.39, 0.29) is 0 Å². The number of guanidine groups is 1. The molecule has 1 heterocycles. The maximum atomic E-state index is 6.31. The first-order valence-electron chi connectivity index (χ1n) is 8.12. The van der Waals surface area contributed by atoms with Crippen molar-refractivity contribution in [3.05, 3.63) is 22.7 Å². The standard InChI is InChI=1S/C17H26ClN3O2/c1-12(2)5-6-20-17(19-3)21-11-13-9-14(18)16-15(10-13)22-7-4-8-23-16/h9-10,12H,4-8,11H2,1-3H3,(H2,19,20,21). The molecule has 0 saturated heterocycles. The molecular weight excluding hydrogens is 314 g/mol. The van der Waals surface area contributed by atoms with Crippen LogP contribution in [0.15, 0.2) is 17.1 Å². The monoisotopic (exact) mass is 339 g/mol. The Morgan fingerprint density at radius 1 is 1.26 bits per heavy atom. The Balaban J connectivity index is 1.94. The minimum Gasteiger partial charge on any atom is -0.489 e. The predicted molar refractivity (Wildman–Crippen MR) is 94.7 cm³/mol. The lowest BCUT2D eigenvalue weighted by Crippen LogP contribution is -2.37. The van der Waals surface area contributed by atoms with Gasteiger partial charge < -0.3 is 20.1 Å². The van der Waals surface area contributed by atoms with Crippen molar-refractivity contribution in [3.63, 3.8) is 0 Å². The van der Waals surface area contributed by atoms with E-state index >= 15 is 0 Å². The summed E-state index contributed by atoms with van der Waals surface area (Å²) in [5.41, 5.74) is 1.03. The van der Waals surface area contributed by atoms with Crippen molar-refractivity contribution in [2.24, 2.45) is 10.9 Å². The molecule has 1 aromatic carbocycles. The minimum atomic E-state index is 0.587. The number of fused-ring (bicyclic) bond motifs is 1. The Morgan fingerprint density at radius 3 is 2.78 bits per heavy atom. The van der Waals surface area contributed by atoms with Crippen molar-refractivity contribution in [1.29, 1.82) is 0 Å². The van der Waals surface area contributed by atoms with E-state index in [4.69, 9.17) is 21.1 Å². The van der Waals surface area contributed by atoms with Gasteiger partial charge in [-0.05, 0) is 30.0 Å². The molecule has 23 heavy (non-hydrogen) atoms. The van der Waals surface area contributed by atoms with Gasteiger partial charge in [-0.25, -0.2) is 0 Å². The van der Waals surface area contributed by atoms with Crippen LogP contribution in [0.25, 0.3) is 0 Å². The Morgan fingerprint density at radius 2 is 2.04 bits per heavy atom. The third-order valence-corrected chi connectivity index (χ3v) is 3.84. The molecule has 6 heteroatoms. The van der Waals surface area contributed by atoms with Crippen molar-refractivity contribution in [2.75, 3.05) is 26.8 Å². The molecule has 2 N–H and O–H groups in total. The average molecular weight is 340 g/mol. The molecule has 0 aromatic heterocycles. The number of nitrogens with zero attached hydrogens (tertiary/aromatic N) is 1. The highest BCUT2D eigenvalue weighted by Crippen LogP contribution is 2.37. The Labute approximate surface area is 143 Å². The summed E-state index contributed by atoms with van der Waals surface area (Å²) < 4.78 is 11.4. The number of hydrogen-bond acceptors (Lipinski definition) is 3. The van der Waals surface area contributed by atoms with Gasteiger partial charge in [0.2, 0.25) is 0 Å². The van der Waals surface area contributed by atoms with Crippen molar-refractivity contribution >= 4 is 17.6 Å². The van der Waals surface area contributed by atoms with Crippen molar-refractivity contribution in [3.8, 4) is 11.5 Å². The quantitative estimate of drug-likeness (QED) is 0.639. The molecule has 0 saturated carbocycles. The van der Waals surface area contributed by atoms with E-state index in [0.717, 1.165) is 36.7 Å². The molecular formula is C17H26ClN3O2. The van der Waals surface area contributed by atoms with Crippen LogP contribution in [-0.4, -0.2) is 32.8 Å². The van der Waals surface area contributed by atoms with Crippen molar-refractivity contribution in [2.45, 2.75) is 33.2 Å². The van der Waals surface area contributed by atoms with Crippen LogP contribution in [0.3, 0.4) is 0 Å². The van der Waals surface area contributed by atoms with Gasteiger partial charge in [0.25, 0.3) is 0 Å². The van der Waals surface area contributed by atoms with Gasteiger partial charge in [0, 0.05) is 26.6 Å². The first kappa shape index (κ1) is 17.7. The molecule has 0 radical (unpaired) electrons. The summed E-state index contributed by atoms with van der Waals surface area (Å²) in [5.74, 6) is 2.82. The summed E-state index contributed by atoms with van der Waals surface area (Å²) in [7, 11) is 1.77. The molecule has 2 rings (SSSR count). The third-order valence-electron chi connectivity index (χ3n) is 3.56. The fourth-order valence-corrected chi connectivity index (χ4v) is 2.56. The van der Waals surface area contributed by atoms with Gasteiger partial charge in [0.15, 0.2) is 17.5 Å². The first-order valence-corrected chi connectivity index (χ1v) is 8.50. The second-order valence-corrected chi connectivity index (χ2v) is 6.40. The Hall–Kier alpha value is -1.62. The smallest absolute Gasteiger partial charge is 0.191 e. The topological polar surface area (TPSA) is 54.9 Å². The normalized spacial score (nSPS) is 14.6. The molecule has 0 bridgehead atoms. The molecule has 0 unspecified atom stereocenters. The number of hydrogen-bond donors (Lipinski definition) is 2. The molecule has 128 valence electrons. The summed E-state index contributed by atoms with van der Waals surface area (Å²) in [4.78, 5) is 4.23. The summed E-state index contributed by atoms with van der Waals surface area (Å²) >= 11 is 6.31. The van der Waals surface area contributed by atoms with Crippen LogP contribution in [0.1, 0.15) is 32.3 Å². The van der Waals surface area contributed by atoms with E-state index in [1.807, 2.05) is 12.1 Å². The van der Waals surface area contributed by atoms with Crippen LogP contribution >= 0.6 is 11.6 Å². The minimum absolute atomic E-state index is 0.587. The molecule has 1 aromatic rings. The zero-order chi connectivity index (χ0) is 16.7. The van der Waals surface area contributed by atoms with Crippen molar-refractivity contribution < 1.29 is 9.47 Å².